The Balaban J connectivity index is 1.60. The Hall–Kier alpha value is -3.10. The van der Waals surface area contributed by atoms with Gasteiger partial charge in [-0.25, -0.2) is 8.42 Å². The van der Waals surface area contributed by atoms with Gasteiger partial charge in [0, 0.05) is 0 Å². The predicted molar refractivity (Wildman–Crippen MR) is 116 cm³/mol. The third-order valence-electron chi connectivity index (χ3n) is 5.32. The number of nitrogens with zero attached hydrogens (tertiary/aromatic N) is 1. The molecule has 4 rings (SSSR count). The summed E-state index contributed by atoms with van der Waals surface area (Å²) in [6.45, 7) is -0.413. The molecule has 31 heavy (non-hydrogen) atoms. The van der Waals surface area contributed by atoms with Gasteiger partial charge in [-0.15, -0.1) is 0 Å². The van der Waals surface area contributed by atoms with Crippen LogP contribution in [0, 0.1) is 0 Å². The van der Waals surface area contributed by atoms with E-state index >= 15 is 0 Å². The van der Waals surface area contributed by atoms with Gasteiger partial charge in [0.25, 0.3) is 0 Å². The summed E-state index contributed by atoms with van der Waals surface area (Å²) >= 11 is 0. The van der Waals surface area contributed by atoms with E-state index in [2.05, 4.69) is 5.32 Å². The number of furan rings is 1. The van der Waals surface area contributed by atoms with Crippen LogP contribution in [-0.4, -0.2) is 32.3 Å². The number of ether oxygens (including phenoxy) is 1. The first-order chi connectivity index (χ1) is 15.0. The number of benzene rings is 2. The molecule has 1 amide bonds. The van der Waals surface area contributed by atoms with Gasteiger partial charge in [0.15, 0.2) is 0 Å². The molecule has 2 aromatic carbocycles. The van der Waals surface area contributed by atoms with Crippen LogP contribution < -0.4 is 10.1 Å². The lowest BCUT2D eigenvalue weighted by molar-refractivity contribution is -0.116. The highest BCUT2D eigenvalue weighted by Crippen LogP contribution is 2.27. The van der Waals surface area contributed by atoms with Crippen molar-refractivity contribution in [2.45, 2.75) is 30.7 Å². The van der Waals surface area contributed by atoms with E-state index in [1.165, 1.54) is 18.9 Å². The minimum absolute atomic E-state index is 0.0498. The van der Waals surface area contributed by atoms with Gasteiger partial charge >= 0.3 is 0 Å². The molecule has 0 saturated carbocycles. The van der Waals surface area contributed by atoms with Crippen LogP contribution in [-0.2, 0) is 34.2 Å². The summed E-state index contributed by atoms with van der Waals surface area (Å²) in [6, 6.07) is 15.6. The van der Waals surface area contributed by atoms with Crippen LogP contribution in [0.15, 0.2) is 70.2 Å². The van der Waals surface area contributed by atoms with Gasteiger partial charge in [-0.1, -0.05) is 18.2 Å². The molecule has 0 fully saturated rings. The van der Waals surface area contributed by atoms with Crippen LogP contribution in [0.2, 0.25) is 0 Å². The van der Waals surface area contributed by atoms with Crippen molar-refractivity contribution in [1.29, 1.82) is 0 Å². The Morgan fingerprint density at radius 3 is 2.68 bits per heavy atom. The summed E-state index contributed by atoms with van der Waals surface area (Å²) < 4.78 is 38.6. The molecule has 0 atom stereocenters. The highest BCUT2D eigenvalue weighted by Gasteiger charge is 2.29. The Morgan fingerprint density at radius 1 is 1.10 bits per heavy atom. The minimum Gasteiger partial charge on any atom is -0.495 e. The van der Waals surface area contributed by atoms with Crippen molar-refractivity contribution in [2.24, 2.45) is 0 Å². The molecule has 8 heteroatoms. The van der Waals surface area contributed by atoms with E-state index in [4.69, 9.17) is 9.15 Å². The number of anilines is 1. The average Bonchev–Trinajstić information content (AvgIpc) is 3.45. The fraction of sp³-hybridized carbons (Fsp3) is 0.261. The number of methoxy groups -OCH3 is 1. The van der Waals surface area contributed by atoms with Crippen molar-refractivity contribution in [3.8, 4) is 5.75 Å². The second-order valence-electron chi connectivity index (χ2n) is 7.38. The van der Waals surface area contributed by atoms with Gasteiger partial charge in [0.05, 0.1) is 37.0 Å². The predicted octanol–water partition coefficient (Wildman–Crippen LogP) is 3.61. The molecule has 0 radical (unpaired) electrons. The first-order valence-electron chi connectivity index (χ1n) is 10.0. The minimum atomic E-state index is -3.92. The molecule has 0 aliphatic heterocycles. The van der Waals surface area contributed by atoms with Crippen LogP contribution >= 0.6 is 0 Å². The number of hydrogen-bond donors (Lipinski definition) is 1. The number of amides is 1. The molecule has 0 unspecified atom stereocenters. The normalized spacial score (nSPS) is 13.2. The summed E-state index contributed by atoms with van der Waals surface area (Å²) in [5, 5.41) is 2.74. The molecule has 0 bridgehead atoms. The van der Waals surface area contributed by atoms with Gasteiger partial charge in [0.2, 0.25) is 15.9 Å². The van der Waals surface area contributed by atoms with Crippen LogP contribution in [0.4, 0.5) is 5.69 Å². The number of aryl methyl sites for hydroxylation is 2. The van der Waals surface area contributed by atoms with Crippen LogP contribution in [0.1, 0.15) is 23.3 Å². The molecule has 1 aliphatic carbocycles. The Labute approximate surface area is 181 Å². The molecule has 1 heterocycles. The molecular formula is C23H24N2O5S. The largest absolute Gasteiger partial charge is 0.495 e. The number of nitrogens with one attached hydrogen (secondary N) is 1. The first kappa shape index (κ1) is 21.1. The van der Waals surface area contributed by atoms with Gasteiger partial charge < -0.3 is 14.5 Å². The molecule has 162 valence electrons. The first-order valence-corrected chi connectivity index (χ1v) is 11.5. The van der Waals surface area contributed by atoms with Crippen LogP contribution in [0.3, 0.4) is 0 Å². The SMILES string of the molecule is COc1ccccc1NC(=O)CN(Cc1ccco1)S(=O)(=O)c1ccc2c(c1)CCC2. The number of para-hydroxylation sites is 2. The molecule has 0 spiro atoms. The lowest BCUT2D eigenvalue weighted by Gasteiger charge is -2.21. The van der Waals surface area contributed by atoms with E-state index < -0.39 is 15.9 Å². The van der Waals surface area contributed by atoms with Crippen molar-refractivity contribution in [1.82, 2.24) is 4.31 Å². The molecule has 1 aliphatic rings. The van der Waals surface area contributed by atoms with E-state index in [1.807, 2.05) is 6.07 Å². The molecule has 3 aromatic rings. The second-order valence-corrected chi connectivity index (χ2v) is 9.32. The summed E-state index contributed by atoms with van der Waals surface area (Å²) in [4.78, 5) is 13.0. The van der Waals surface area contributed by atoms with E-state index in [0.717, 1.165) is 29.1 Å². The van der Waals surface area contributed by atoms with Crippen molar-refractivity contribution < 1.29 is 22.4 Å². The summed E-state index contributed by atoms with van der Waals surface area (Å²) in [7, 11) is -2.41. The fourth-order valence-corrected chi connectivity index (χ4v) is 5.17. The van der Waals surface area contributed by atoms with Gasteiger partial charge in [0.1, 0.15) is 11.5 Å². The zero-order chi connectivity index (χ0) is 21.8. The van der Waals surface area contributed by atoms with Gasteiger partial charge in [-0.2, -0.15) is 4.31 Å². The number of rotatable bonds is 8. The zero-order valence-corrected chi connectivity index (χ0v) is 18.0. The van der Waals surface area contributed by atoms with E-state index in [0.29, 0.717) is 17.2 Å². The Bertz CT molecular complexity index is 1170. The fourth-order valence-electron chi connectivity index (χ4n) is 3.76. The number of carbonyl (C=O) groups excluding carboxylic acids is 1. The average molecular weight is 441 g/mol. The highest BCUT2D eigenvalue weighted by atomic mass is 32.2. The maximum atomic E-state index is 13.4. The quantitative estimate of drug-likeness (QED) is 0.578. The molecule has 0 saturated heterocycles. The van der Waals surface area contributed by atoms with E-state index in [9.17, 15) is 13.2 Å². The molecule has 1 N–H and O–H groups in total. The van der Waals surface area contributed by atoms with E-state index in [1.54, 1.807) is 48.5 Å². The maximum Gasteiger partial charge on any atom is 0.243 e. The number of fused-ring (bicyclic) bond motifs is 1. The third kappa shape index (κ3) is 4.65. The lowest BCUT2D eigenvalue weighted by atomic mass is 10.1. The van der Waals surface area contributed by atoms with Crippen LogP contribution in [0.5, 0.6) is 5.75 Å². The van der Waals surface area contributed by atoms with Gasteiger partial charge in [-0.05, 0) is 66.8 Å². The smallest absolute Gasteiger partial charge is 0.243 e. The van der Waals surface area contributed by atoms with E-state index in [-0.39, 0.29) is 18.0 Å². The lowest BCUT2D eigenvalue weighted by Crippen LogP contribution is -2.37. The monoisotopic (exact) mass is 440 g/mol. The number of hydrogen-bond acceptors (Lipinski definition) is 5. The molecule has 7 nitrogen and oxygen atoms in total. The third-order valence-corrected chi connectivity index (χ3v) is 7.11. The summed E-state index contributed by atoms with van der Waals surface area (Å²) in [5.41, 5.74) is 2.71. The highest BCUT2D eigenvalue weighted by molar-refractivity contribution is 7.89. The maximum absolute atomic E-state index is 13.4. The summed E-state index contributed by atoms with van der Waals surface area (Å²) in [6.07, 6.45) is 4.33. The Morgan fingerprint density at radius 2 is 1.90 bits per heavy atom. The van der Waals surface area contributed by atoms with Crippen LogP contribution in [0.25, 0.3) is 0 Å². The molecule has 1 aromatic heterocycles. The van der Waals surface area contributed by atoms with Crippen molar-refractivity contribution in [3.05, 3.63) is 77.7 Å². The van der Waals surface area contributed by atoms with Crippen molar-refractivity contribution in [2.75, 3.05) is 19.0 Å². The van der Waals surface area contributed by atoms with Crippen molar-refractivity contribution in [3.63, 3.8) is 0 Å². The topological polar surface area (TPSA) is 88.8 Å². The molecular weight excluding hydrogens is 416 g/mol. The zero-order valence-electron chi connectivity index (χ0n) is 17.2. The number of carbonyl (C=O) groups is 1. The standard InChI is InChI=1S/C23H24N2O5S/c1-29-22-10-3-2-9-21(22)24-23(26)16-25(15-19-8-5-13-30-19)31(27,28)20-12-11-17-6-4-7-18(17)14-20/h2-3,5,8-14H,4,6-7,15-16H2,1H3,(H,24,26). The summed E-state index contributed by atoms with van der Waals surface area (Å²) in [5.74, 6) is 0.477. The van der Waals surface area contributed by atoms with Gasteiger partial charge in [-0.3, -0.25) is 4.79 Å². The Kier molecular flexibility index (Phi) is 6.11. The van der Waals surface area contributed by atoms with Crippen molar-refractivity contribution >= 4 is 21.6 Å². The number of sulfonamides is 1. The second kappa shape index (κ2) is 8.95.